The van der Waals surface area contributed by atoms with Crippen LogP contribution in [-0.2, 0) is 23.8 Å². The molecule has 2 heterocycles. The molecule has 5 nitrogen and oxygen atoms in total. The Morgan fingerprint density at radius 1 is 0.875 bits per heavy atom. The Morgan fingerprint density at radius 3 is 1.75 bits per heavy atom. The van der Waals surface area contributed by atoms with Crippen LogP contribution in [0.2, 0.25) is 0 Å². The third-order valence-corrected chi connectivity index (χ3v) is 8.59. The number of carbonyl (C=O) groups excluding carboxylic acids is 2. The molecule has 7 aliphatic rings. The van der Waals surface area contributed by atoms with Crippen molar-refractivity contribution in [3.05, 3.63) is 0 Å². The van der Waals surface area contributed by atoms with Gasteiger partial charge < -0.3 is 14.2 Å². The lowest BCUT2D eigenvalue weighted by Gasteiger charge is -2.47. The van der Waals surface area contributed by atoms with E-state index in [1.807, 2.05) is 13.8 Å². The molecule has 7 fully saturated rings. The summed E-state index contributed by atoms with van der Waals surface area (Å²) in [7, 11) is 0. The predicted molar refractivity (Wildman–Crippen MR) is 81.6 cm³/mol. The van der Waals surface area contributed by atoms with Crippen molar-refractivity contribution in [3.8, 4) is 0 Å². The summed E-state index contributed by atoms with van der Waals surface area (Å²) in [6.45, 7) is 4.54. The Bertz CT molecular complexity index is 602. The summed E-state index contributed by atoms with van der Waals surface area (Å²) in [5.41, 5.74) is -0.656. The first-order valence-electron chi connectivity index (χ1n) is 9.60. The van der Waals surface area contributed by atoms with Gasteiger partial charge in [0.25, 0.3) is 0 Å². The standard InChI is InChI=1S/C19H24O5/c1-3-22-10(20)6-18-14-8-5-9-13-12(8)16(18)17(13)19(24-18,15(9)14)7-11(21)23-4-2/h8-9,12-17H,3-7H2,1-2H3/t8-,9+,12-,13+,14+,15-,16-,17+,18-,19+. The van der Waals surface area contributed by atoms with E-state index < -0.39 is 0 Å². The lowest BCUT2D eigenvalue weighted by molar-refractivity contribution is -0.157. The van der Waals surface area contributed by atoms with E-state index in [2.05, 4.69) is 0 Å². The summed E-state index contributed by atoms with van der Waals surface area (Å²) >= 11 is 0. The van der Waals surface area contributed by atoms with E-state index >= 15 is 0 Å². The monoisotopic (exact) mass is 332 g/mol. The van der Waals surface area contributed by atoms with Gasteiger partial charge in [0.1, 0.15) is 0 Å². The number of hydrogen-bond acceptors (Lipinski definition) is 5. The topological polar surface area (TPSA) is 61.8 Å². The average Bonchev–Trinajstić information content (AvgIpc) is 3.11. The fraction of sp³-hybridized carbons (Fsp3) is 0.895. The highest BCUT2D eigenvalue weighted by molar-refractivity contribution is 5.74. The van der Waals surface area contributed by atoms with Crippen molar-refractivity contribution in [1.29, 1.82) is 0 Å². The minimum atomic E-state index is -0.328. The van der Waals surface area contributed by atoms with Gasteiger partial charge in [0, 0.05) is 0 Å². The van der Waals surface area contributed by atoms with Crippen LogP contribution >= 0.6 is 0 Å². The van der Waals surface area contributed by atoms with Crippen molar-refractivity contribution in [2.45, 2.75) is 44.3 Å². The first kappa shape index (κ1) is 14.1. The molecule has 0 amide bonds. The van der Waals surface area contributed by atoms with Crippen molar-refractivity contribution in [3.63, 3.8) is 0 Å². The van der Waals surface area contributed by atoms with Gasteiger partial charge in [-0.15, -0.1) is 0 Å². The quantitative estimate of drug-likeness (QED) is 0.694. The zero-order valence-corrected chi connectivity index (χ0v) is 14.2. The van der Waals surface area contributed by atoms with Gasteiger partial charge in [-0.1, -0.05) is 0 Å². The van der Waals surface area contributed by atoms with Crippen molar-refractivity contribution < 1.29 is 23.8 Å². The van der Waals surface area contributed by atoms with Gasteiger partial charge >= 0.3 is 11.9 Å². The van der Waals surface area contributed by atoms with E-state index in [1.54, 1.807) is 0 Å². The lowest BCUT2D eigenvalue weighted by Crippen LogP contribution is -2.52. The highest BCUT2D eigenvalue weighted by Gasteiger charge is 2.97. The average molecular weight is 332 g/mol. The molecule has 130 valence electrons. The Hall–Kier alpha value is -1.10. The van der Waals surface area contributed by atoms with E-state index in [0.717, 1.165) is 23.7 Å². The van der Waals surface area contributed by atoms with Crippen LogP contribution in [0.3, 0.4) is 0 Å². The van der Waals surface area contributed by atoms with Crippen LogP contribution in [0.15, 0.2) is 0 Å². The third-order valence-electron chi connectivity index (χ3n) is 8.59. The molecule has 0 aromatic carbocycles. The van der Waals surface area contributed by atoms with Crippen LogP contribution < -0.4 is 0 Å². The number of carbonyl (C=O) groups is 2. The van der Waals surface area contributed by atoms with Crippen LogP contribution in [-0.4, -0.2) is 36.4 Å². The highest BCUT2D eigenvalue weighted by atomic mass is 16.6. The van der Waals surface area contributed by atoms with E-state index in [-0.39, 0.29) is 23.1 Å². The molecule has 0 unspecified atom stereocenters. The number of rotatable bonds is 6. The molecule has 0 radical (unpaired) electrons. The van der Waals surface area contributed by atoms with E-state index in [4.69, 9.17) is 14.2 Å². The second-order valence-corrected chi connectivity index (χ2v) is 8.80. The summed E-state index contributed by atoms with van der Waals surface area (Å²) in [6, 6.07) is 0. The van der Waals surface area contributed by atoms with E-state index in [1.165, 1.54) is 6.42 Å². The van der Waals surface area contributed by atoms with Gasteiger partial charge in [0.15, 0.2) is 0 Å². The van der Waals surface area contributed by atoms with Crippen LogP contribution in [0.25, 0.3) is 0 Å². The second-order valence-electron chi connectivity index (χ2n) is 8.80. The summed E-state index contributed by atoms with van der Waals surface area (Å²) in [6.07, 6.45) is 2.08. The van der Waals surface area contributed by atoms with Crippen molar-refractivity contribution in [1.82, 2.24) is 0 Å². The molecule has 0 spiro atoms. The molecule has 5 saturated carbocycles. The van der Waals surface area contributed by atoms with Crippen LogP contribution in [0.4, 0.5) is 0 Å². The SMILES string of the molecule is CCOC(=O)C[C@]12O[C@@]3(CC(=O)OCC)[C@@H]4[C@H]5C[C@H]([C@@H]6[C@H]5[C@H]3[C@@H]61)[C@@H]42. The molecular weight excluding hydrogens is 308 g/mol. The Morgan fingerprint density at radius 2 is 1.33 bits per heavy atom. The molecule has 2 aliphatic heterocycles. The molecule has 5 aliphatic carbocycles. The zero-order chi connectivity index (χ0) is 16.4. The molecule has 0 N–H and O–H groups in total. The zero-order valence-electron chi connectivity index (χ0n) is 14.2. The lowest BCUT2D eigenvalue weighted by atomic mass is 9.54. The first-order valence-corrected chi connectivity index (χ1v) is 9.60. The van der Waals surface area contributed by atoms with Gasteiger partial charge in [-0.05, 0) is 67.6 Å². The molecular formula is C19H24O5. The van der Waals surface area contributed by atoms with Crippen molar-refractivity contribution in [2.75, 3.05) is 13.2 Å². The number of ether oxygens (including phenoxy) is 3. The molecule has 0 aromatic rings. The summed E-state index contributed by atoms with van der Waals surface area (Å²) in [4.78, 5) is 24.6. The van der Waals surface area contributed by atoms with Gasteiger partial charge in [0.05, 0.1) is 37.3 Å². The van der Waals surface area contributed by atoms with Gasteiger partial charge in [0.2, 0.25) is 0 Å². The summed E-state index contributed by atoms with van der Waals surface area (Å²) in [5, 5.41) is 0. The Balaban J connectivity index is 1.39. The van der Waals surface area contributed by atoms with Gasteiger partial charge in [-0.25, -0.2) is 0 Å². The highest BCUT2D eigenvalue weighted by Crippen LogP contribution is 2.93. The van der Waals surface area contributed by atoms with E-state index in [9.17, 15) is 9.59 Å². The van der Waals surface area contributed by atoms with Crippen LogP contribution in [0.1, 0.15) is 33.1 Å². The predicted octanol–water partition coefficient (Wildman–Crippen LogP) is 1.79. The molecule has 24 heavy (non-hydrogen) atoms. The molecule has 2 saturated heterocycles. The smallest absolute Gasteiger partial charge is 0.308 e. The van der Waals surface area contributed by atoms with Crippen LogP contribution in [0, 0.1) is 47.3 Å². The molecule has 5 heteroatoms. The van der Waals surface area contributed by atoms with Crippen molar-refractivity contribution >= 4 is 11.9 Å². The third kappa shape index (κ3) is 1.15. The minimum Gasteiger partial charge on any atom is -0.466 e. The Labute approximate surface area is 141 Å². The first-order chi connectivity index (χ1) is 11.6. The maximum atomic E-state index is 12.3. The maximum absolute atomic E-state index is 12.3. The number of esters is 2. The fourth-order valence-electron chi connectivity index (χ4n) is 8.93. The largest absolute Gasteiger partial charge is 0.466 e. The molecule has 4 bridgehead atoms. The molecule has 7 rings (SSSR count). The second kappa shape index (κ2) is 4.00. The van der Waals surface area contributed by atoms with Gasteiger partial charge in [-0.2, -0.15) is 0 Å². The minimum absolute atomic E-state index is 0.128. The fourth-order valence-corrected chi connectivity index (χ4v) is 8.93. The Kier molecular flexibility index (Phi) is 2.35. The van der Waals surface area contributed by atoms with Crippen molar-refractivity contribution in [2.24, 2.45) is 47.3 Å². The molecule has 0 aromatic heterocycles. The summed E-state index contributed by atoms with van der Waals surface area (Å²) in [5.74, 6) is 4.64. The maximum Gasteiger partial charge on any atom is 0.308 e. The van der Waals surface area contributed by atoms with Gasteiger partial charge in [-0.3, -0.25) is 9.59 Å². The normalized spacial score (nSPS) is 58.6. The number of hydrogen-bond donors (Lipinski definition) is 0. The molecule has 10 atom stereocenters. The van der Waals surface area contributed by atoms with E-state index in [0.29, 0.717) is 49.7 Å². The van der Waals surface area contributed by atoms with Crippen LogP contribution in [0.5, 0.6) is 0 Å². The summed E-state index contributed by atoms with van der Waals surface area (Å²) < 4.78 is 17.3.